The molecule has 0 saturated carbocycles. The summed E-state index contributed by atoms with van der Waals surface area (Å²) in [5, 5.41) is 0. The maximum Gasteiger partial charge on any atom is 0.416 e. The molecule has 0 amide bonds. The molecule has 2 saturated heterocycles. The molecule has 168 valence electrons. The molecule has 4 heterocycles. The van der Waals surface area contributed by atoms with E-state index in [1.165, 1.54) is 12.1 Å². The first-order valence-corrected chi connectivity index (χ1v) is 9.94. The quantitative estimate of drug-likeness (QED) is 0.496. The van der Waals surface area contributed by atoms with E-state index in [1.807, 2.05) is 12.1 Å². The van der Waals surface area contributed by atoms with E-state index in [4.69, 9.17) is 24.0 Å². The Balaban J connectivity index is 1.47. The van der Waals surface area contributed by atoms with Crippen LogP contribution in [0.1, 0.15) is 42.2 Å². The van der Waals surface area contributed by atoms with Crippen molar-refractivity contribution < 1.29 is 42.0 Å². The molecule has 4 aliphatic rings. The van der Waals surface area contributed by atoms with Gasteiger partial charge in [0.25, 0.3) is 0 Å². The van der Waals surface area contributed by atoms with Crippen LogP contribution in [-0.2, 0) is 30.2 Å². The minimum Gasteiger partial charge on any atom is -0.497 e. The lowest BCUT2D eigenvalue weighted by Gasteiger charge is -2.54. The zero-order chi connectivity index (χ0) is 22.7. The van der Waals surface area contributed by atoms with E-state index in [1.54, 1.807) is 32.2 Å². The fourth-order valence-electron chi connectivity index (χ4n) is 4.27. The molecule has 2 aromatic carbocycles. The van der Waals surface area contributed by atoms with Crippen LogP contribution in [0, 0.1) is 0 Å². The van der Waals surface area contributed by atoms with Crippen molar-refractivity contribution in [2.75, 3.05) is 7.11 Å². The van der Waals surface area contributed by atoms with Crippen LogP contribution in [0.15, 0.2) is 60.2 Å². The summed E-state index contributed by atoms with van der Waals surface area (Å²) >= 11 is 0. The molecule has 32 heavy (non-hydrogen) atoms. The molecule has 4 aliphatic heterocycles. The van der Waals surface area contributed by atoms with Gasteiger partial charge in [0.15, 0.2) is 5.60 Å². The van der Waals surface area contributed by atoms with Crippen LogP contribution in [0.4, 0.5) is 13.2 Å². The maximum atomic E-state index is 12.9. The van der Waals surface area contributed by atoms with E-state index in [2.05, 4.69) is 0 Å². The van der Waals surface area contributed by atoms with Crippen LogP contribution in [-0.4, -0.2) is 24.5 Å². The Morgan fingerprint density at radius 2 is 1.66 bits per heavy atom. The standard InChI is InChI=1S/C23H19F3O6/c1-21-11-17-20(27)29-18(13-3-7-15(8-4-13)23(24,25)26)12-22(17,32-31-21)30-19(21)14-5-9-16(28-2)10-6-14/h3-11,18-19H,12H2,1-2H3/t18?,19?,21-,22+/m1/s1. The number of fused-ring (bicyclic) bond motifs is 2. The van der Waals surface area contributed by atoms with Crippen LogP contribution in [0.2, 0.25) is 0 Å². The highest BCUT2D eigenvalue weighted by molar-refractivity contribution is 5.92. The number of alkyl halides is 3. The average molecular weight is 448 g/mol. The second-order valence-electron chi connectivity index (χ2n) is 8.15. The van der Waals surface area contributed by atoms with E-state index in [9.17, 15) is 18.0 Å². The van der Waals surface area contributed by atoms with Crippen LogP contribution in [0.3, 0.4) is 0 Å². The Morgan fingerprint density at radius 1 is 1.00 bits per heavy atom. The minimum absolute atomic E-state index is 0.0265. The molecule has 6 nitrogen and oxygen atoms in total. The molecule has 6 rings (SSSR count). The van der Waals surface area contributed by atoms with E-state index in [-0.39, 0.29) is 12.0 Å². The molecule has 2 unspecified atom stereocenters. The number of rotatable bonds is 3. The lowest BCUT2D eigenvalue weighted by Crippen LogP contribution is -2.61. The minimum atomic E-state index is -4.46. The Morgan fingerprint density at radius 3 is 2.28 bits per heavy atom. The fourth-order valence-corrected chi connectivity index (χ4v) is 4.27. The monoisotopic (exact) mass is 448 g/mol. The summed E-state index contributed by atoms with van der Waals surface area (Å²) in [6, 6.07) is 11.7. The highest BCUT2D eigenvalue weighted by Gasteiger charge is 2.63. The predicted molar refractivity (Wildman–Crippen MR) is 103 cm³/mol. The summed E-state index contributed by atoms with van der Waals surface area (Å²) in [4.78, 5) is 24.0. The Bertz CT molecular complexity index is 1080. The van der Waals surface area contributed by atoms with Gasteiger partial charge in [-0.3, -0.25) is 0 Å². The Labute approximate surface area is 181 Å². The summed E-state index contributed by atoms with van der Waals surface area (Å²) in [5.41, 5.74) is -0.503. The van der Waals surface area contributed by atoms with Gasteiger partial charge in [-0.2, -0.15) is 18.1 Å². The van der Waals surface area contributed by atoms with Crippen molar-refractivity contribution in [3.05, 3.63) is 76.9 Å². The van der Waals surface area contributed by atoms with Crippen molar-refractivity contribution in [2.45, 2.75) is 43.1 Å². The maximum absolute atomic E-state index is 12.9. The van der Waals surface area contributed by atoms with Crippen LogP contribution in [0.25, 0.3) is 0 Å². The zero-order valence-electron chi connectivity index (χ0n) is 17.1. The number of benzene rings is 2. The third kappa shape index (κ3) is 3.28. The number of halogens is 3. The van der Waals surface area contributed by atoms with Crippen molar-refractivity contribution in [1.29, 1.82) is 0 Å². The number of cyclic esters (lactones) is 1. The lowest BCUT2D eigenvalue weighted by molar-refractivity contribution is -0.523. The molecule has 2 fully saturated rings. The normalized spacial score (nSPS) is 31.5. The van der Waals surface area contributed by atoms with Crippen molar-refractivity contribution in [2.24, 2.45) is 0 Å². The first-order valence-electron chi connectivity index (χ1n) is 9.94. The van der Waals surface area contributed by atoms with E-state index in [0.717, 1.165) is 17.7 Å². The van der Waals surface area contributed by atoms with Gasteiger partial charge in [0.2, 0.25) is 5.79 Å². The van der Waals surface area contributed by atoms with E-state index in [0.29, 0.717) is 11.3 Å². The molecule has 1 spiro atoms. The van der Waals surface area contributed by atoms with Gasteiger partial charge in [0.1, 0.15) is 18.0 Å². The molecular weight excluding hydrogens is 429 g/mol. The molecule has 9 heteroatoms. The van der Waals surface area contributed by atoms with Gasteiger partial charge in [0.05, 0.1) is 24.7 Å². The highest BCUT2D eigenvalue weighted by Crippen LogP contribution is 2.56. The summed E-state index contributed by atoms with van der Waals surface area (Å²) in [6.45, 7) is 1.73. The van der Waals surface area contributed by atoms with Crippen LogP contribution < -0.4 is 4.74 Å². The first-order chi connectivity index (χ1) is 15.1. The van der Waals surface area contributed by atoms with Crippen molar-refractivity contribution in [3.8, 4) is 5.75 Å². The summed E-state index contributed by atoms with van der Waals surface area (Å²) in [7, 11) is 1.56. The number of ether oxygens (including phenoxy) is 3. The molecular formula is C23H19F3O6. The molecule has 4 atom stereocenters. The summed E-state index contributed by atoms with van der Waals surface area (Å²) in [5.74, 6) is -1.52. The molecule has 2 bridgehead atoms. The topological polar surface area (TPSA) is 63.2 Å². The number of hydrogen-bond donors (Lipinski definition) is 0. The van der Waals surface area contributed by atoms with Crippen LogP contribution in [0.5, 0.6) is 5.75 Å². The van der Waals surface area contributed by atoms with E-state index < -0.39 is 41.3 Å². The van der Waals surface area contributed by atoms with Gasteiger partial charge in [-0.15, -0.1) is 0 Å². The van der Waals surface area contributed by atoms with Crippen molar-refractivity contribution in [1.82, 2.24) is 0 Å². The SMILES string of the molecule is COc1ccc(C2O[C@]34CC(c5ccc(C(F)(F)F)cc5)OC(=O)C3=C[C@@]2(C)OO4)cc1. The summed E-state index contributed by atoms with van der Waals surface area (Å²) in [6.07, 6.45) is -4.26. The number of esters is 1. The number of methoxy groups -OCH3 is 1. The second-order valence-corrected chi connectivity index (χ2v) is 8.15. The van der Waals surface area contributed by atoms with E-state index >= 15 is 0 Å². The van der Waals surface area contributed by atoms with Gasteiger partial charge < -0.3 is 14.2 Å². The van der Waals surface area contributed by atoms with Gasteiger partial charge in [-0.1, -0.05) is 24.3 Å². The third-order valence-electron chi connectivity index (χ3n) is 5.98. The first kappa shape index (κ1) is 21.0. The highest BCUT2D eigenvalue weighted by atomic mass is 19.4. The summed E-state index contributed by atoms with van der Waals surface area (Å²) < 4.78 is 55.7. The largest absolute Gasteiger partial charge is 0.497 e. The van der Waals surface area contributed by atoms with Crippen molar-refractivity contribution >= 4 is 5.97 Å². The van der Waals surface area contributed by atoms with Crippen molar-refractivity contribution in [3.63, 3.8) is 0 Å². The van der Waals surface area contributed by atoms with Crippen LogP contribution >= 0.6 is 0 Å². The molecule has 0 aliphatic carbocycles. The number of carbonyl (C=O) groups is 1. The average Bonchev–Trinajstić information content (AvgIpc) is 2.78. The molecule has 0 N–H and O–H groups in total. The smallest absolute Gasteiger partial charge is 0.416 e. The lowest BCUT2D eigenvalue weighted by atomic mass is 9.81. The van der Waals surface area contributed by atoms with Gasteiger partial charge in [-0.05, 0) is 48.4 Å². The molecule has 2 aromatic rings. The molecule has 0 aromatic heterocycles. The molecule has 0 radical (unpaired) electrons. The van der Waals surface area contributed by atoms with Gasteiger partial charge >= 0.3 is 12.1 Å². The number of carbonyl (C=O) groups excluding carboxylic acids is 1. The van der Waals surface area contributed by atoms with Gasteiger partial charge in [-0.25, -0.2) is 9.68 Å². The van der Waals surface area contributed by atoms with Gasteiger partial charge in [0, 0.05) is 0 Å². The Hall–Kier alpha value is -2.88. The fraction of sp³-hybridized carbons (Fsp3) is 0.348. The zero-order valence-corrected chi connectivity index (χ0v) is 17.1. The predicted octanol–water partition coefficient (Wildman–Crippen LogP) is 4.82. The third-order valence-corrected chi connectivity index (χ3v) is 5.98. The number of hydrogen-bond acceptors (Lipinski definition) is 6. The second kappa shape index (κ2) is 7.06. The Kier molecular flexibility index (Phi) is 4.63.